The lowest BCUT2D eigenvalue weighted by Crippen LogP contribution is -2.59. The molecule has 0 amide bonds. The second-order valence-corrected chi connectivity index (χ2v) is 21.6. The number of aryl methyl sites for hydroxylation is 1. The number of nitrogens with zero attached hydrogens (tertiary/aromatic N) is 2. The minimum absolute atomic E-state index is 0.0401. The predicted octanol–water partition coefficient (Wildman–Crippen LogP) is 13.5. The summed E-state index contributed by atoms with van der Waals surface area (Å²) in [6.07, 6.45) is 0. The zero-order valence-corrected chi connectivity index (χ0v) is 36.2. The van der Waals surface area contributed by atoms with Crippen LogP contribution in [0.15, 0.2) is 97.1 Å². The van der Waals surface area contributed by atoms with Crippen LogP contribution in [-0.2, 0) is 16.2 Å². The van der Waals surface area contributed by atoms with Crippen molar-refractivity contribution in [2.45, 2.75) is 105 Å². The van der Waals surface area contributed by atoms with E-state index in [9.17, 15) is 0 Å². The minimum Gasteiger partial charge on any atom is -0.310 e. The molecule has 9 rings (SSSR count). The maximum atomic E-state index is 2.62. The summed E-state index contributed by atoms with van der Waals surface area (Å²) < 4.78 is 5.59. The van der Waals surface area contributed by atoms with Crippen LogP contribution in [0.25, 0.3) is 20.2 Å². The van der Waals surface area contributed by atoms with Gasteiger partial charge in [-0.2, -0.15) is 0 Å². The Kier molecular flexibility index (Phi) is 8.15. The van der Waals surface area contributed by atoms with Crippen molar-refractivity contribution in [2.75, 3.05) is 9.80 Å². The van der Waals surface area contributed by atoms with Crippen LogP contribution in [-0.4, -0.2) is 6.71 Å². The number of fused-ring (bicyclic) bond motifs is 8. The van der Waals surface area contributed by atoms with Crippen molar-refractivity contribution in [3.05, 3.63) is 125 Å². The number of hydrogen-bond acceptors (Lipinski definition) is 4. The Hall–Kier alpha value is -4.32. The Morgan fingerprint density at radius 2 is 0.909 bits per heavy atom. The lowest BCUT2D eigenvalue weighted by atomic mass is 9.39. The lowest BCUT2D eigenvalue weighted by Gasteiger charge is -2.42. The Balaban J connectivity index is 1.40. The van der Waals surface area contributed by atoms with Crippen molar-refractivity contribution in [1.82, 2.24) is 0 Å². The highest BCUT2D eigenvalue weighted by atomic mass is 32.1. The third-order valence-corrected chi connectivity index (χ3v) is 14.4. The van der Waals surface area contributed by atoms with Gasteiger partial charge in [0.05, 0.1) is 11.4 Å². The van der Waals surface area contributed by atoms with E-state index in [1.807, 2.05) is 22.7 Å². The summed E-state index contributed by atoms with van der Waals surface area (Å²) in [6.45, 7) is 27.9. The number of anilines is 6. The highest BCUT2D eigenvalue weighted by Gasteiger charge is 2.47. The number of hydrogen-bond donors (Lipinski definition) is 0. The van der Waals surface area contributed by atoms with E-state index in [0.717, 1.165) is 0 Å². The molecule has 0 bridgehead atoms. The standard InChI is InChI=1S/C50H53BN2S2/c1-29(2)31-13-19-35(20-14-31)52-39-25-30(3)26-40-43(39)51(46-44(52)37-27-33(49(7,8)9)17-23-41(37)54-46)47-45(38-28-34(50(10,11)12)18-24-42(38)55-47)53(40)36-21-15-32(16-22-36)48(4,5)6/h13-29H,1-12H3. The van der Waals surface area contributed by atoms with E-state index in [0.29, 0.717) is 5.92 Å². The average molecular weight is 757 g/mol. The summed E-state index contributed by atoms with van der Waals surface area (Å²) in [5, 5.41) is 2.71. The molecule has 5 aromatic carbocycles. The fourth-order valence-corrected chi connectivity index (χ4v) is 11.4. The van der Waals surface area contributed by atoms with Crippen LogP contribution in [0.4, 0.5) is 34.1 Å². The van der Waals surface area contributed by atoms with E-state index < -0.39 is 0 Å². The molecule has 0 fully saturated rings. The molecular weight excluding hydrogens is 704 g/mol. The van der Waals surface area contributed by atoms with Gasteiger partial charge in [0.15, 0.2) is 0 Å². The van der Waals surface area contributed by atoms with E-state index in [-0.39, 0.29) is 23.0 Å². The monoisotopic (exact) mass is 756 g/mol. The molecule has 0 saturated heterocycles. The van der Waals surface area contributed by atoms with Crippen molar-refractivity contribution < 1.29 is 0 Å². The van der Waals surface area contributed by atoms with Crippen molar-refractivity contribution >= 4 is 98.7 Å². The largest absolute Gasteiger partial charge is 0.310 e. The summed E-state index contributed by atoms with van der Waals surface area (Å²) in [7, 11) is 0. The summed E-state index contributed by atoms with van der Waals surface area (Å²) in [5.74, 6) is 0.474. The maximum absolute atomic E-state index is 2.62. The Morgan fingerprint density at radius 3 is 1.31 bits per heavy atom. The van der Waals surface area contributed by atoms with E-state index in [1.54, 1.807) is 0 Å². The normalized spacial score (nSPS) is 14.2. The maximum Gasteiger partial charge on any atom is 0.277 e. The molecule has 7 aromatic rings. The Morgan fingerprint density at radius 1 is 0.509 bits per heavy atom. The molecule has 0 aliphatic carbocycles. The summed E-state index contributed by atoms with van der Waals surface area (Å²) >= 11 is 4.00. The van der Waals surface area contributed by atoms with E-state index in [4.69, 9.17) is 0 Å². The molecule has 0 N–H and O–H groups in total. The van der Waals surface area contributed by atoms with Gasteiger partial charge in [0.2, 0.25) is 0 Å². The summed E-state index contributed by atoms with van der Waals surface area (Å²) in [5.41, 5.74) is 16.0. The van der Waals surface area contributed by atoms with Gasteiger partial charge in [-0.15, -0.1) is 22.7 Å². The third kappa shape index (κ3) is 5.79. The molecule has 0 radical (unpaired) electrons. The topological polar surface area (TPSA) is 6.48 Å². The zero-order chi connectivity index (χ0) is 38.9. The van der Waals surface area contributed by atoms with E-state index in [1.165, 1.54) is 97.1 Å². The van der Waals surface area contributed by atoms with Gasteiger partial charge in [-0.1, -0.05) is 113 Å². The van der Waals surface area contributed by atoms with Crippen LogP contribution in [0.3, 0.4) is 0 Å². The zero-order valence-electron chi connectivity index (χ0n) is 34.6. The Labute approximate surface area is 336 Å². The second-order valence-electron chi connectivity index (χ2n) is 19.4. The highest BCUT2D eigenvalue weighted by molar-refractivity contribution is 7.40. The Bertz CT molecular complexity index is 2640. The van der Waals surface area contributed by atoms with Gasteiger partial charge in [0.1, 0.15) is 0 Å². The molecule has 0 unspecified atom stereocenters. The van der Waals surface area contributed by atoms with Crippen LogP contribution in [0.1, 0.15) is 110 Å². The average Bonchev–Trinajstić information content (AvgIpc) is 3.69. The second kappa shape index (κ2) is 12.3. The van der Waals surface area contributed by atoms with Gasteiger partial charge < -0.3 is 9.80 Å². The van der Waals surface area contributed by atoms with Crippen LogP contribution in [0.2, 0.25) is 0 Å². The van der Waals surface area contributed by atoms with Crippen LogP contribution >= 0.6 is 22.7 Å². The molecule has 0 spiro atoms. The SMILES string of the molecule is Cc1cc2c3c(c1)N(c1ccc(C(C)(C)C)cc1)c1c(sc4ccc(C(C)(C)C)cc14)B3c1sc3ccc(C(C)(C)C)cc3c1N2c1ccc(C(C)C)cc1. The van der Waals surface area contributed by atoms with E-state index in [2.05, 4.69) is 190 Å². The number of rotatable bonds is 3. The number of benzene rings is 5. The van der Waals surface area contributed by atoms with Crippen molar-refractivity contribution in [3.63, 3.8) is 0 Å². The smallest absolute Gasteiger partial charge is 0.277 e. The summed E-state index contributed by atoms with van der Waals surface area (Å²) in [6, 6.07) is 38.2. The van der Waals surface area contributed by atoms with Gasteiger partial charge in [-0.25, -0.2) is 0 Å². The molecule has 2 aliphatic heterocycles. The predicted molar refractivity (Wildman–Crippen MR) is 246 cm³/mol. The molecule has 0 atom stereocenters. The minimum atomic E-state index is 0.0401. The van der Waals surface area contributed by atoms with E-state index >= 15 is 0 Å². The van der Waals surface area contributed by atoms with Crippen molar-refractivity contribution in [1.29, 1.82) is 0 Å². The molecule has 55 heavy (non-hydrogen) atoms. The van der Waals surface area contributed by atoms with Gasteiger partial charge in [-0.3, -0.25) is 0 Å². The van der Waals surface area contributed by atoms with Gasteiger partial charge >= 0.3 is 0 Å². The van der Waals surface area contributed by atoms with Gasteiger partial charge in [-0.05, 0) is 123 Å². The lowest BCUT2D eigenvalue weighted by molar-refractivity contribution is 0.590. The van der Waals surface area contributed by atoms with Gasteiger partial charge in [0.25, 0.3) is 6.71 Å². The molecule has 2 nitrogen and oxygen atoms in total. The molecular formula is C50H53BN2S2. The van der Waals surface area contributed by atoms with Crippen LogP contribution in [0, 0.1) is 6.92 Å². The first-order chi connectivity index (χ1) is 25.9. The quantitative estimate of drug-likeness (QED) is 0.166. The first-order valence-electron chi connectivity index (χ1n) is 20.0. The molecule has 0 saturated carbocycles. The first kappa shape index (κ1) is 36.3. The fraction of sp³-hybridized carbons (Fsp3) is 0.320. The third-order valence-electron chi connectivity index (χ3n) is 11.9. The molecule has 5 heteroatoms. The first-order valence-corrected chi connectivity index (χ1v) is 21.6. The summed E-state index contributed by atoms with van der Waals surface area (Å²) in [4.78, 5) is 5.23. The molecule has 2 aromatic heterocycles. The molecule has 278 valence electrons. The van der Waals surface area contributed by atoms with Crippen molar-refractivity contribution in [2.24, 2.45) is 0 Å². The van der Waals surface area contributed by atoms with Crippen LogP contribution < -0.4 is 24.8 Å². The number of thiophene rings is 2. The van der Waals surface area contributed by atoms with Gasteiger partial charge in [0, 0.05) is 52.5 Å². The van der Waals surface area contributed by atoms with Crippen LogP contribution in [0.5, 0.6) is 0 Å². The molecule has 4 heterocycles. The van der Waals surface area contributed by atoms with Crippen molar-refractivity contribution in [3.8, 4) is 0 Å². The fourth-order valence-electron chi connectivity index (χ4n) is 8.70. The molecule has 2 aliphatic rings. The highest BCUT2D eigenvalue weighted by Crippen LogP contribution is 2.51.